The fraction of sp³-hybridized carbons (Fsp3) is 0.438. The largest absolute Gasteiger partial charge is 0.493 e. The number of rotatable bonds is 3. The van der Waals surface area contributed by atoms with Crippen molar-refractivity contribution >= 4 is 16.8 Å². The predicted octanol–water partition coefficient (Wildman–Crippen LogP) is 1.24. The van der Waals surface area contributed by atoms with Gasteiger partial charge in [0.25, 0.3) is 5.56 Å². The van der Waals surface area contributed by atoms with Gasteiger partial charge in [-0.3, -0.25) is 9.59 Å². The predicted molar refractivity (Wildman–Crippen MR) is 84.9 cm³/mol. The number of fused-ring (bicyclic) bond motifs is 1. The quantitative estimate of drug-likeness (QED) is 0.920. The molecule has 0 spiro atoms. The number of carbonyl (C=O) groups is 1. The third kappa shape index (κ3) is 2.99. The van der Waals surface area contributed by atoms with Crippen LogP contribution in [0.25, 0.3) is 10.9 Å². The van der Waals surface area contributed by atoms with Gasteiger partial charge in [0.05, 0.1) is 24.6 Å². The number of hydrogen-bond donors (Lipinski definition) is 1. The van der Waals surface area contributed by atoms with Crippen molar-refractivity contribution in [2.45, 2.75) is 26.4 Å². The summed E-state index contributed by atoms with van der Waals surface area (Å²) < 4.78 is 11.3. The van der Waals surface area contributed by atoms with Crippen molar-refractivity contribution < 1.29 is 14.3 Å². The SMILES string of the molecule is COc1cc2nc(C)[nH]c(=O)c2cc1O[C@H]1CCN(C(C)=O)C1. The van der Waals surface area contributed by atoms with Crippen molar-refractivity contribution in [3.8, 4) is 11.5 Å². The summed E-state index contributed by atoms with van der Waals surface area (Å²) in [5, 5.41) is 0.452. The Morgan fingerprint density at radius 3 is 2.83 bits per heavy atom. The van der Waals surface area contributed by atoms with E-state index < -0.39 is 0 Å². The molecule has 2 aromatic rings. The van der Waals surface area contributed by atoms with Crippen molar-refractivity contribution in [3.63, 3.8) is 0 Å². The molecule has 1 saturated heterocycles. The van der Waals surface area contributed by atoms with Gasteiger partial charge < -0.3 is 19.4 Å². The highest BCUT2D eigenvalue weighted by Crippen LogP contribution is 2.32. The molecule has 0 aliphatic carbocycles. The maximum absolute atomic E-state index is 12.1. The summed E-state index contributed by atoms with van der Waals surface area (Å²) in [6.45, 7) is 4.50. The summed E-state index contributed by atoms with van der Waals surface area (Å²) in [6.07, 6.45) is 0.645. The van der Waals surface area contributed by atoms with Gasteiger partial charge in [-0.15, -0.1) is 0 Å². The fourth-order valence-electron chi connectivity index (χ4n) is 2.81. The van der Waals surface area contributed by atoms with Crippen molar-refractivity contribution in [2.24, 2.45) is 0 Å². The van der Waals surface area contributed by atoms with Gasteiger partial charge in [-0.1, -0.05) is 0 Å². The first-order valence-corrected chi connectivity index (χ1v) is 7.48. The number of aromatic amines is 1. The third-order valence-electron chi connectivity index (χ3n) is 3.99. The Morgan fingerprint density at radius 1 is 1.39 bits per heavy atom. The maximum atomic E-state index is 12.1. The molecule has 1 aromatic heterocycles. The van der Waals surface area contributed by atoms with E-state index >= 15 is 0 Å². The zero-order valence-electron chi connectivity index (χ0n) is 13.4. The number of carbonyl (C=O) groups excluding carboxylic acids is 1. The first kappa shape index (κ1) is 15.3. The summed E-state index contributed by atoms with van der Waals surface area (Å²) in [5.74, 6) is 1.60. The van der Waals surface area contributed by atoms with E-state index in [0.717, 1.165) is 6.42 Å². The van der Waals surface area contributed by atoms with Gasteiger partial charge in [0.2, 0.25) is 5.91 Å². The number of H-pyrrole nitrogens is 1. The average molecular weight is 317 g/mol. The first-order valence-electron chi connectivity index (χ1n) is 7.48. The van der Waals surface area contributed by atoms with E-state index in [9.17, 15) is 9.59 Å². The molecule has 1 amide bonds. The standard InChI is InChI=1S/C16H19N3O4/c1-9-17-13-7-14(22-3)15(6-12(13)16(21)18-9)23-11-4-5-19(8-11)10(2)20/h6-7,11H,4-5,8H2,1-3H3,(H,17,18,21)/t11-/m0/s1. The third-order valence-corrected chi connectivity index (χ3v) is 3.99. The van der Waals surface area contributed by atoms with Crippen LogP contribution in [0.4, 0.5) is 0 Å². The molecule has 122 valence electrons. The van der Waals surface area contributed by atoms with Crippen molar-refractivity contribution in [1.29, 1.82) is 0 Å². The fourth-order valence-corrected chi connectivity index (χ4v) is 2.81. The zero-order valence-corrected chi connectivity index (χ0v) is 13.4. The molecule has 23 heavy (non-hydrogen) atoms. The molecule has 0 bridgehead atoms. The van der Waals surface area contributed by atoms with E-state index in [1.807, 2.05) is 0 Å². The lowest BCUT2D eigenvalue weighted by molar-refractivity contribution is -0.128. The molecule has 1 aromatic carbocycles. The zero-order chi connectivity index (χ0) is 16.6. The van der Waals surface area contributed by atoms with E-state index in [2.05, 4.69) is 9.97 Å². The number of ether oxygens (including phenoxy) is 2. The highest BCUT2D eigenvalue weighted by Gasteiger charge is 2.26. The minimum Gasteiger partial charge on any atom is -0.493 e. The summed E-state index contributed by atoms with van der Waals surface area (Å²) in [4.78, 5) is 32.2. The van der Waals surface area contributed by atoms with Gasteiger partial charge in [0.1, 0.15) is 11.9 Å². The van der Waals surface area contributed by atoms with Gasteiger partial charge in [0.15, 0.2) is 11.5 Å². The Bertz CT molecular complexity index is 815. The second-order valence-corrected chi connectivity index (χ2v) is 5.67. The molecule has 0 unspecified atom stereocenters. The Kier molecular flexibility index (Phi) is 3.94. The molecule has 0 radical (unpaired) electrons. The molecular weight excluding hydrogens is 298 g/mol. The molecule has 7 heteroatoms. The number of nitrogens with one attached hydrogen (secondary N) is 1. The highest BCUT2D eigenvalue weighted by molar-refractivity contribution is 5.81. The Labute approximate surface area is 133 Å². The number of aromatic nitrogens is 2. The van der Waals surface area contributed by atoms with Crippen LogP contribution in [0.1, 0.15) is 19.2 Å². The number of amides is 1. The molecular formula is C16H19N3O4. The van der Waals surface area contributed by atoms with Crippen LogP contribution >= 0.6 is 0 Å². The van der Waals surface area contributed by atoms with Crippen LogP contribution < -0.4 is 15.0 Å². The first-order chi connectivity index (χ1) is 11.0. The lowest BCUT2D eigenvalue weighted by Crippen LogP contribution is -2.28. The van der Waals surface area contributed by atoms with Crippen molar-refractivity contribution in [1.82, 2.24) is 14.9 Å². The van der Waals surface area contributed by atoms with E-state index in [0.29, 0.717) is 41.3 Å². The number of benzene rings is 1. The smallest absolute Gasteiger partial charge is 0.258 e. The van der Waals surface area contributed by atoms with Crippen LogP contribution in [-0.2, 0) is 4.79 Å². The van der Waals surface area contributed by atoms with E-state index in [1.54, 1.807) is 38.0 Å². The number of nitrogens with zero attached hydrogens (tertiary/aromatic N) is 2. The van der Waals surface area contributed by atoms with Crippen LogP contribution in [0.2, 0.25) is 0 Å². The van der Waals surface area contributed by atoms with Gasteiger partial charge in [-0.05, 0) is 13.0 Å². The summed E-state index contributed by atoms with van der Waals surface area (Å²) in [5.41, 5.74) is 0.351. The topological polar surface area (TPSA) is 84.5 Å². The van der Waals surface area contributed by atoms with Crippen LogP contribution in [0.5, 0.6) is 11.5 Å². The van der Waals surface area contributed by atoms with E-state index in [4.69, 9.17) is 9.47 Å². The molecule has 1 aliphatic rings. The van der Waals surface area contributed by atoms with Gasteiger partial charge in [-0.25, -0.2) is 4.98 Å². The molecule has 1 fully saturated rings. The lowest BCUT2D eigenvalue weighted by atomic mass is 10.2. The maximum Gasteiger partial charge on any atom is 0.258 e. The second kappa shape index (κ2) is 5.91. The normalized spacial score (nSPS) is 17.5. The molecule has 1 N–H and O–H groups in total. The van der Waals surface area contributed by atoms with Crippen LogP contribution in [0.15, 0.2) is 16.9 Å². The lowest BCUT2D eigenvalue weighted by Gasteiger charge is -2.17. The molecule has 7 nitrogen and oxygen atoms in total. The van der Waals surface area contributed by atoms with Crippen molar-refractivity contribution in [3.05, 3.63) is 28.3 Å². The second-order valence-electron chi connectivity index (χ2n) is 5.67. The molecule has 1 aliphatic heterocycles. The number of hydrogen-bond acceptors (Lipinski definition) is 5. The summed E-state index contributed by atoms with van der Waals surface area (Å²) >= 11 is 0. The van der Waals surface area contributed by atoms with Crippen LogP contribution in [0.3, 0.4) is 0 Å². The van der Waals surface area contributed by atoms with Gasteiger partial charge >= 0.3 is 0 Å². The minimum absolute atomic E-state index is 0.0395. The number of aryl methyl sites for hydroxylation is 1. The highest BCUT2D eigenvalue weighted by atomic mass is 16.5. The van der Waals surface area contributed by atoms with Crippen molar-refractivity contribution in [2.75, 3.05) is 20.2 Å². The monoisotopic (exact) mass is 317 g/mol. The van der Waals surface area contributed by atoms with E-state index in [-0.39, 0.29) is 17.6 Å². The Hall–Kier alpha value is -2.57. The molecule has 0 saturated carbocycles. The van der Waals surface area contributed by atoms with E-state index in [1.165, 1.54) is 0 Å². The van der Waals surface area contributed by atoms with Crippen LogP contribution in [-0.4, -0.2) is 47.1 Å². The van der Waals surface area contributed by atoms with Crippen LogP contribution in [0, 0.1) is 6.92 Å². The Morgan fingerprint density at radius 2 is 2.17 bits per heavy atom. The number of methoxy groups -OCH3 is 1. The summed E-state index contributed by atoms with van der Waals surface area (Å²) in [7, 11) is 1.55. The molecule has 1 atom stereocenters. The minimum atomic E-state index is -0.211. The van der Waals surface area contributed by atoms with Gasteiger partial charge in [0, 0.05) is 26.0 Å². The number of likely N-dealkylation sites (tertiary alicyclic amines) is 1. The molecule has 2 heterocycles. The van der Waals surface area contributed by atoms with Gasteiger partial charge in [-0.2, -0.15) is 0 Å². The Balaban J connectivity index is 1.94. The average Bonchev–Trinajstić information content (AvgIpc) is 2.96. The summed E-state index contributed by atoms with van der Waals surface area (Å²) in [6, 6.07) is 3.35. The molecule has 3 rings (SSSR count).